The van der Waals surface area contributed by atoms with Crippen molar-refractivity contribution in [3.63, 3.8) is 0 Å². The van der Waals surface area contributed by atoms with Crippen molar-refractivity contribution in [2.24, 2.45) is 7.05 Å². The van der Waals surface area contributed by atoms with Gasteiger partial charge >= 0.3 is 0 Å². The summed E-state index contributed by atoms with van der Waals surface area (Å²) in [4.78, 5) is 8.33. The molecule has 18 heavy (non-hydrogen) atoms. The van der Waals surface area contributed by atoms with Crippen LogP contribution >= 0.6 is 0 Å². The van der Waals surface area contributed by atoms with Crippen LogP contribution in [0.4, 0.5) is 5.95 Å². The zero-order valence-electron chi connectivity index (χ0n) is 10.5. The van der Waals surface area contributed by atoms with E-state index in [-0.39, 0.29) is 0 Å². The maximum Gasteiger partial charge on any atom is 0.229 e. The number of nitrogens with one attached hydrogen (secondary N) is 1. The molecule has 0 bridgehead atoms. The van der Waals surface area contributed by atoms with Gasteiger partial charge in [-0.1, -0.05) is 0 Å². The normalized spacial score (nSPS) is 10.2. The van der Waals surface area contributed by atoms with E-state index in [0.29, 0.717) is 24.3 Å². The number of anilines is 1. The Balaban J connectivity index is 2.08. The van der Waals surface area contributed by atoms with Gasteiger partial charge in [-0.3, -0.25) is 4.68 Å². The van der Waals surface area contributed by atoms with Crippen molar-refractivity contribution < 1.29 is 9.47 Å². The lowest BCUT2D eigenvalue weighted by Crippen LogP contribution is -2.06. The molecular formula is C11H15N5O2. The number of rotatable bonds is 5. The van der Waals surface area contributed by atoms with Gasteiger partial charge < -0.3 is 14.8 Å². The third-order valence-corrected chi connectivity index (χ3v) is 2.29. The van der Waals surface area contributed by atoms with Crippen molar-refractivity contribution in [2.75, 3.05) is 19.5 Å². The van der Waals surface area contributed by atoms with E-state index >= 15 is 0 Å². The van der Waals surface area contributed by atoms with Crippen molar-refractivity contribution in [3.05, 3.63) is 24.0 Å². The van der Waals surface area contributed by atoms with Gasteiger partial charge in [-0.15, -0.1) is 0 Å². The maximum atomic E-state index is 5.06. The highest BCUT2D eigenvalue weighted by atomic mass is 16.5. The predicted molar refractivity (Wildman–Crippen MR) is 65.7 cm³/mol. The molecule has 2 aromatic heterocycles. The highest BCUT2D eigenvalue weighted by Gasteiger charge is 2.05. The minimum absolute atomic E-state index is 0.442. The van der Waals surface area contributed by atoms with Crippen molar-refractivity contribution in [3.8, 4) is 11.8 Å². The molecule has 0 unspecified atom stereocenters. The van der Waals surface area contributed by atoms with E-state index in [9.17, 15) is 0 Å². The van der Waals surface area contributed by atoms with Gasteiger partial charge in [0.15, 0.2) is 0 Å². The van der Waals surface area contributed by atoms with Crippen LogP contribution in [0.2, 0.25) is 0 Å². The molecule has 0 aliphatic rings. The van der Waals surface area contributed by atoms with Crippen molar-refractivity contribution >= 4 is 5.95 Å². The van der Waals surface area contributed by atoms with Crippen LogP contribution < -0.4 is 14.8 Å². The van der Waals surface area contributed by atoms with Crippen molar-refractivity contribution in [2.45, 2.75) is 6.54 Å². The molecule has 0 radical (unpaired) electrons. The molecule has 0 saturated heterocycles. The summed E-state index contributed by atoms with van der Waals surface area (Å²) in [6.45, 7) is 0.539. The number of nitrogens with zero attached hydrogens (tertiary/aromatic N) is 4. The third-order valence-electron chi connectivity index (χ3n) is 2.29. The number of ether oxygens (including phenoxy) is 2. The fourth-order valence-corrected chi connectivity index (χ4v) is 1.42. The van der Waals surface area contributed by atoms with Crippen LogP contribution in [-0.2, 0) is 13.6 Å². The van der Waals surface area contributed by atoms with Gasteiger partial charge in [0.1, 0.15) is 0 Å². The minimum Gasteiger partial charge on any atom is -0.481 e. The first-order valence-corrected chi connectivity index (χ1v) is 5.40. The monoisotopic (exact) mass is 249 g/mol. The lowest BCUT2D eigenvalue weighted by molar-refractivity contribution is 0.373. The smallest absolute Gasteiger partial charge is 0.229 e. The number of hydrogen-bond donors (Lipinski definition) is 1. The van der Waals surface area contributed by atoms with Gasteiger partial charge in [-0.05, 0) is 6.07 Å². The molecule has 7 nitrogen and oxygen atoms in total. The molecule has 2 rings (SSSR count). The van der Waals surface area contributed by atoms with Crippen LogP contribution in [0.5, 0.6) is 11.8 Å². The van der Waals surface area contributed by atoms with Crippen LogP contribution in [0, 0.1) is 0 Å². The van der Waals surface area contributed by atoms with E-state index in [0.717, 1.165) is 5.69 Å². The molecule has 0 atom stereocenters. The lowest BCUT2D eigenvalue weighted by atomic mass is 10.4. The average Bonchev–Trinajstić information content (AvgIpc) is 2.81. The molecule has 7 heteroatoms. The number of aryl methyl sites for hydroxylation is 1. The van der Waals surface area contributed by atoms with Crippen molar-refractivity contribution in [1.29, 1.82) is 0 Å². The van der Waals surface area contributed by atoms with Gasteiger partial charge in [-0.25, -0.2) is 0 Å². The summed E-state index contributed by atoms with van der Waals surface area (Å²) in [5.41, 5.74) is 0.905. The van der Waals surface area contributed by atoms with E-state index in [1.54, 1.807) is 25.0 Å². The minimum atomic E-state index is 0.442. The van der Waals surface area contributed by atoms with E-state index in [4.69, 9.17) is 9.47 Å². The van der Waals surface area contributed by atoms with E-state index in [1.165, 1.54) is 0 Å². The van der Waals surface area contributed by atoms with Crippen LogP contribution in [0.25, 0.3) is 0 Å². The fraction of sp³-hybridized carbons (Fsp3) is 0.364. The Labute approximate surface area is 105 Å². The summed E-state index contributed by atoms with van der Waals surface area (Å²) < 4.78 is 11.9. The number of aromatic nitrogens is 4. The predicted octanol–water partition coefficient (Wildman–Crippen LogP) is 0.839. The second-order valence-corrected chi connectivity index (χ2v) is 3.61. The molecule has 0 amide bonds. The Hall–Kier alpha value is -2.31. The number of methoxy groups -OCH3 is 2. The quantitative estimate of drug-likeness (QED) is 0.846. The molecule has 96 valence electrons. The van der Waals surface area contributed by atoms with Gasteiger partial charge in [0.25, 0.3) is 0 Å². The van der Waals surface area contributed by atoms with E-state index in [1.807, 2.05) is 19.3 Å². The fourth-order valence-electron chi connectivity index (χ4n) is 1.42. The lowest BCUT2D eigenvalue weighted by Gasteiger charge is -2.07. The highest BCUT2D eigenvalue weighted by Crippen LogP contribution is 2.17. The zero-order chi connectivity index (χ0) is 13.0. The maximum absolute atomic E-state index is 5.06. The molecule has 0 saturated carbocycles. The third kappa shape index (κ3) is 2.88. The summed E-state index contributed by atoms with van der Waals surface area (Å²) in [6, 6.07) is 3.54. The first kappa shape index (κ1) is 12.2. The first-order valence-electron chi connectivity index (χ1n) is 5.40. The molecule has 2 aromatic rings. The molecular weight excluding hydrogens is 234 g/mol. The largest absolute Gasteiger partial charge is 0.481 e. The summed E-state index contributed by atoms with van der Waals surface area (Å²) in [5.74, 6) is 1.34. The van der Waals surface area contributed by atoms with Crippen LogP contribution in [0.1, 0.15) is 5.69 Å². The molecule has 0 aromatic carbocycles. The molecule has 2 heterocycles. The molecule has 1 N–H and O–H groups in total. The SMILES string of the molecule is COc1cc(OC)nc(NCc2ccn(C)n2)n1. The number of hydrogen-bond acceptors (Lipinski definition) is 6. The molecule has 0 aliphatic heterocycles. The zero-order valence-corrected chi connectivity index (χ0v) is 10.5. The average molecular weight is 249 g/mol. The summed E-state index contributed by atoms with van der Waals surface area (Å²) >= 11 is 0. The topological polar surface area (TPSA) is 74.1 Å². The van der Waals surface area contributed by atoms with Gasteiger partial charge in [0.2, 0.25) is 17.7 Å². The molecule has 0 fully saturated rings. The molecule has 0 spiro atoms. The second-order valence-electron chi connectivity index (χ2n) is 3.61. The summed E-state index contributed by atoms with van der Waals surface area (Å²) in [7, 11) is 4.96. The molecule has 0 aliphatic carbocycles. The summed E-state index contributed by atoms with van der Waals surface area (Å²) in [5, 5.41) is 7.31. The van der Waals surface area contributed by atoms with Gasteiger partial charge in [0.05, 0.1) is 32.5 Å². The Morgan fingerprint density at radius 3 is 2.39 bits per heavy atom. The van der Waals surface area contributed by atoms with Gasteiger partial charge in [0, 0.05) is 13.2 Å². The van der Waals surface area contributed by atoms with E-state index in [2.05, 4.69) is 20.4 Å². The Kier molecular flexibility index (Phi) is 3.61. The van der Waals surface area contributed by atoms with Gasteiger partial charge in [-0.2, -0.15) is 15.1 Å². The van der Waals surface area contributed by atoms with Crippen LogP contribution in [0.3, 0.4) is 0 Å². The highest BCUT2D eigenvalue weighted by molar-refractivity contribution is 5.33. The van der Waals surface area contributed by atoms with Crippen LogP contribution in [-0.4, -0.2) is 34.0 Å². The Morgan fingerprint density at radius 2 is 1.89 bits per heavy atom. The second kappa shape index (κ2) is 5.35. The standard InChI is InChI=1S/C11H15N5O2/c1-16-5-4-8(15-16)7-12-11-13-9(17-2)6-10(14-11)18-3/h4-6H,7H2,1-3H3,(H,12,13,14). The Morgan fingerprint density at radius 1 is 1.22 bits per heavy atom. The van der Waals surface area contributed by atoms with E-state index < -0.39 is 0 Å². The Bertz CT molecular complexity index is 504. The first-order chi connectivity index (χ1) is 8.71. The summed E-state index contributed by atoms with van der Waals surface area (Å²) in [6.07, 6.45) is 1.88. The van der Waals surface area contributed by atoms with Crippen LogP contribution in [0.15, 0.2) is 18.3 Å². The van der Waals surface area contributed by atoms with Crippen molar-refractivity contribution in [1.82, 2.24) is 19.7 Å².